The number of hydrogen-bond acceptors (Lipinski definition) is 1. The van der Waals surface area contributed by atoms with E-state index in [0.717, 1.165) is 5.52 Å². The second-order valence-corrected chi connectivity index (χ2v) is 4.85. The SMILES string of the molecule is c1cnc2c(c1)ccc1c3c([nH]c12)CCCC3. The van der Waals surface area contributed by atoms with E-state index in [9.17, 15) is 0 Å². The Morgan fingerprint density at radius 2 is 2.00 bits per heavy atom. The van der Waals surface area contributed by atoms with Crippen LogP contribution in [0.2, 0.25) is 0 Å². The average Bonchev–Trinajstić information content (AvgIpc) is 2.78. The number of fused-ring (bicyclic) bond motifs is 5. The molecule has 4 rings (SSSR count). The number of nitrogens with zero attached hydrogens (tertiary/aromatic N) is 1. The van der Waals surface area contributed by atoms with Gasteiger partial charge in [0.05, 0.1) is 11.0 Å². The summed E-state index contributed by atoms with van der Waals surface area (Å²) in [5, 5.41) is 2.60. The normalized spacial score (nSPS) is 15.3. The van der Waals surface area contributed by atoms with Gasteiger partial charge in [-0.05, 0) is 37.3 Å². The molecule has 0 aliphatic heterocycles. The van der Waals surface area contributed by atoms with E-state index in [4.69, 9.17) is 0 Å². The number of hydrogen-bond donors (Lipinski definition) is 1. The molecule has 17 heavy (non-hydrogen) atoms. The minimum absolute atomic E-state index is 1.11. The molecule has 84 valence electrons. The lowest BCUT2D eigenvalue weighted by Gasteiger charge is -2.10. The smallest absolute Gasteiger partial charge is 0.0942 e. The standard InChI is InChI=1S/C15H14N2/c1-2-6-13-11(5-1)12-8-7-10-4-3-9-16-14(10)15(12)17-13/h3-4,7-9,17H,1-2,5-6H2. The first-order chi connectivity index (χ1) is 8.43. The summed E-state index contributed by atoms with van der Waals surface area (Å²) in [6.07, 6.45) is 6.92. The van der Waals surface area contributed by atoms with E-state index in [1.54, 1.807) is 0 Å². The Hall–Kier alpha value is -1.83. The molecule has 1 aromatic carbocycles. The van der Waals surface area contributed by atoms with Gasteiger partial charge in [-0.15, -0.1) is 0 Å². The van der Waals surface area contributed by atoms with Gasteiger partial charge in [-0.2, -0.15) is 0 Å². The Bertz CT molecular complexity index is 709. The molecule has 2 aromatic heterocycles. The summed E-state index contributed by atoms with van der Waals surface area (Å²) < 4.78 is 0. The lowest BCUT2D eigenvalue weighted by molar-refractivity contribution is 0.680. The fourth-order valence-corrected chi connectivity index (χ4v) is 3.01. The van der Waals surface area contributed by atoms with E-state index in [-0.39, 0.29) is 0 Å². The second-order valence-electron chi connectivity index (χ2n) is 4.85. The van der Waals surface area contributed by atoms with Crippen LogP contribution in [0.5, 0.6) is 0 Å². The molecule has 0 saturated heterocycles. The molecular formula is C15H14N2. The van der Waals surface area contributed by atoms with E-state index in [1.807, 2.05) is 12.3 Å². The molecule has 2 heterocycles. The van der Waals surface area contributed by atoms with Crippen LogP contribution < -0.4 is 0 Å². The van der Waals surface area contributed by atoms with Crippen molar-refractivity contribution in [3.63, 3.8) is 0 Å². The van der Waals surface area contributed by atoms with Crippen LogP contribution in [0.15, 0.2) is 30.5 Å². The molecule has 1 aliphatic rings. The molecule has 0 radical (unpaired) electrons. The second kappa shape index (κ2) is 3.33. The van der Waals surface area contributed by atoms with Crippen LogP contribution in [0.25, 0.3) is 21.8 Å². The quantitative estimate of drug-likeness (QED) is 0.618. The maximum Gasteiger partial charge on any atom is 0.0942 e. The molecule has 2 nitrogen and oxygen atoms in total. The molecule has 0 atom stereocenters. The monoisotopic (exact) mass is 222 g/mol. The van der Waals surface area contributed by atoms with Gasteiger partial charge in [-0.3, -0.25) is 4.98 Å². The van der Waals surface area contributed by atoms with E-state index in [1.165, 1.54) is 53.2 Å². The maximum absolute atomic E-state index is 4.52. The summed E-state index contributed by atoms with van der Waals surface area (Å²) in [7, 11) is 0. The van der Waals surface area contributed by atoms with E-state index >= 15 is 0 Å². The number of aromatic nitrogens is 2. The molecule has 2 heteroatoms. The van der Waals surface area contributed by atoms with Gasteiger partial charge in [-0.25, -0.2) is 0 Å². The minimum Gasteiger partial charge on any atom is -0.356 e. The largest absolute Gasteiger partial charge is 0.356 e. The molecule has 0 amide bonds. The van der Waals surface area contributed by atoms with Gasteiger partial charge in [0.2, 0.25) is 0 Å². The lowest BCUT2D eigenvalue weighted by atomic mass is 9.95. The number of nitrogens with one attached hydrogen (secondary N) is 1. The van der Waals surface area contributed by atoms with Crippen molar-refractivity contribution in [2.24, 2.45) is 0 Å². The first-order valence-corrected chi connectivity index (χ1v) is 6.30. The van der Waals surface area contributed by atoms with Gasteiger partial charge >= 0.3 is 0 Å². The zero-order valence-electron chi connectivity index (χ0n) is 9.66. The highest BCUT2D eigenvalue weighted by Crippen LogP contribution is 2.32. The van der Waals surface area contributed by atoms with Gasteiger partial charge in [0.1, 0.15) is 0 Å². The third-order valence-corrected chi connectivity index (χ3v) is 3.84. The van der Waals surface area contributed by atoms with Gasteiger partial charge in [0, 0.05) is 22.7 Å². The number of rotatable bonds is 0. The van der Waals surface area contributed by atoms with Crippen molar-refractivity contribution in [2.75, 3.05) is 0 Å². The van der Waals surface area contributed by atoms with Crippen molar-refractivity contribution in [3.8, 4) is 0 Å². The topological polar surface area (TPSA) is 28.7 Å². The number of pyridine rings is 1. The molecule has 1 N–H and O–H groups in total. The molecule has 0 bridgehead atoms. The van der Waals surface area contributed by atoms with E-state index in [0.29, 0.717) is 0 Å². The molecule has 3 aromatic rings. The Morgan fingerprint density at radius 3 is 3.00 bits per heavy atom. The Morgan fingerprint density at radius 1 is 1.06 bits per heavy atom. The Labute approximate surface area is 99.7 Å². The number of benzene rings is 1. The highest BCUT2D eigenvalue weighted by atomic mass is 14.8. The Balaban J connectivity index is 2.16. The maximum atomic E-state index is 4.52. The highest BCUT2D eigenvalue weighted by molar-refractivity contribution is 6.04. The molecule has 0 spiro atoms. The van der Waals surface area contributed by atoms with Gasteiger partial charge in [0.25, 0.3) is 0 Å². The van der Waals surface area contributed by atoms with Crippen molar-refractivity contribution in [1.82, 2.24) is 9.97 Å². The van der Waals surface area contributed by atoms with E-state index in [2.05, 4.69) is 28.2 Å². The fourth-order valence-electron chi connectivity index (χ4n) is 3.01. The van der Waals surface area contributed by atoms with Crippen LogP contribution >= 0.6 is 0 Å². The van der Waals surface area contributed by atoms with Gasteiger partial charge < -0.3 is 4.98 Å². The minimum atomic E-state index is 1.11. The van der Waals surface area contributed by atoms with Crippen molar-refractivity contribution in [2.45, 2.75) is 25.7 Å². The Kier molecular flexibility index (Phi) is 1.81. The summed E-state index contributed by atoms with van der Waals surface area (Å²) in [5.41, 5.74) is 5.30. The van der Waals surface area contributed by atoms with Crippen LogP contribution in [-0.2, 0) is 12.8 Å². The lowest BCUT2D eigenvalue weighted by Crippen LogP contribution is -1.99. The summed E-state index contributed by atoms with van der Waals surface area (Å²) in [4.78, 5) is 8.12. The summed E-state index contributed by atoms with van der Waals surface area (Å²) in [6, 6.07) is 8.56. The average molecular weight is 222 g/mol. The molecule has 0 fully saturated rings. The summed E-state index contributed by atoms with van der Waals surface area (Å²) >= 11 is 0. The van der Waals surface area contributed by atoms with E-state index < -0.39 is 0 Å². The number of H-pyrrole nitrogens is 1. The third-order valence-electron chi connectivity index (χ3n) is 3.84. The van der Waals surface area contributed by atoms with Crippen molar-refractivity contribution < 1.29 is 0 Å². The van der Waals surface area contributed by atoms with Crippen LogP contribution in [0.4, 0.5) is 0 Å². The van der Waals surface area contributed by atoms with Gasteiger partial charge in [0.15, 0.2) is 0 Å². The van der Waals surface area contributed by atoms with Crippen LogP contribution in [0.3, 0.4) is 0 Å². The summed E-state index contributed by atoms with van der Waals surface area (Å²) in [5.74, 6) is 0. The zero-order chi connectivity index (χ0) is 11.2. The molecule has 1 aliphatic carbocycles. The van der Waals surface area contributed by atoms with Crippen molar-refractivity contribution in [3.05, 3.63) is 41.7 Å². The fraction of sp³-hybridized carbons (Fsp3) is 0.267. The third kappa shape index (κ3) is 1.24. The van der Waals surface area contributed by atoms with Crippen molar-refractivity contribution in [1.29, 1.82) is 0 Å². The highest BCUT2D eigenvalue weighted by Gasteiger charge is 2.16. The predicted octanol–water partition coefficient (Wildman–Crippen LogP) is 3.59. The van der Waals surface area contributed by atoms with Crippen LogP contribution in [0.1, 0.15) is 24.1 Å². The van der Waals surface area contributed by atoms with Crippen LogP contribution in [0, 0.1) is 0 Å². The molecule has 0 saturated carbocycles. The zero-order valence-corrected chi connectivity index (χ0v) is 9.66. The summed E-state index contributed by atoms with van der Waals surface area (Å²) in [6.45, 7) is 0. The van der Waals surface area contributed by atoms with Crippen LogP contribution in [-0.4, -0.2) is 9.97 Å². The first kappa shape index (κ1) is 9.23. The van der Waals surface area contributed by atoms with Crippen molar-refractivity contribution >= 4 is 21.8 Å². The molecule has 0 unspecified atom stereocenters. The van der Waals surface area contributed by atoms with Gasteiger partial charge in [-0.1, -0.05) is 18.2 Å². The molecular weight excluding hydrogens is 208 g/mol. The number of aromatic amines is 1. The number of aryl methyl sites for hydroxylation is 2. The first-order valence-electron chi connectivity index (χ1n) is 6.30. The predicted molar refractivity (Wildman–Crippen MR) is 70.2 cm³/mol.